The van der Waals surface area contributed by atoms with Crippen molar-refractivity contribution in [2.24, 2.45) is 4.99 Å². The number of likely N-dealkylation sites (N-methyl/N-ethyl adjacent to an activating group) is 1. The molecule has 0 radical (unpaired) electrons. The van der Waals surface area contributed by atoms with Gasteiger partial charge in [0, 0.05) is 53.0 Å². The van der Waals surface area contributed by atoms with Crippen LogP contribution in [0.25, 0.3) is 0 Å². The van der Waals surface area contributed by atoms with E-state index in [1.54, 1.807) is 19.0 Å². The zero-order chi connectivity index (χ0) is 21.9. The minimum absolute atomic E-state index is 0.0452. The number of likely N-dealkylation sites (tertiary alicyclic amines) is 1. The Morgan fingerprint density at radius 2 is 2.00 bits per heavy atom. The molecular weight excluding hydrogens is 374 g/mol. The van der Waals surface area contributed by atoms with Crippen LogP contribution in [0.4, 0.5) is 4.79 Å². The number of carbonyl (C=O) groups excluding carboxylic acids is 2. The standard InChI is InChI=1S/C20H39N5O4/c1-7-28-13-9-11-21-18(22-14-17(26)24(5)6)23-16-10-8-12-25(15-16)19(27)29-20(2,3)4/h16H,7-15H2,1-6H3,(H2,21,22,23). The van der Waals surface area contributed by atoms with Crippen molar-refractivity contribution in [2.75, 3.05) is 53.5 Å². The van der Waals surface area contributed by atoms with E-state index >= 15 is 0 Å². The van der Waals surface area contributed by atoms with E-state index in [0.29, 0.717) is 38.8 Å². The molecule has 0 spiro atoms. The molecule has 2 N–H and O–H groups in total. The van der Waals surface area contributed by atoms with Crippen LogP contribution in [0.15, 0.2) is 4.99 Å². The molecule has 168 valence electrons. The van der Waals surface area contributed by atoms with Crippen LogP contribution in [-0.4, -0.2) is 92.9 Å². The van der Waals surface area contributed by atoms with Gasteiger partial charge in [-0.3, -0.25) is 4.79 Å². The van der Waals surface area contributed by atoms with Gasteiger partial charge in [-0.15, -0.1) is 0 Å². The van der Waals surface area contributed by atoms with Crippen LogP contribution in [0.3, 0.4) is 0 Å². The van der Waals surface area contributed by atoms with Gasteiger partial charge in [-0.1, -0.05) is 0 Å². The summed E-state index contributed by atoms with van der Waals surface area (Å²) >= 11 is 0. The average molecular weight is 414 g/mol. The number of hydrogen-bond acceptors (Lipinski definition) is 5. The lowest BCUT2D eigenvalue weighted by Crippen LogP contribution is -2.53. The smallest absolute Gasteiger partial charge is 0.410 e. The number of carbonyl (C=O) groups is 2. The molecule has 1 heterocycles. The molecule has 0 aromatic carbocycles. The summed E-state index contributed by atoms with van der Waals surface area (Å²) in [5.41, 5.74) is -0.515. The maximum Gasteiger partial charge on any atom is 0.410 e. The van der Waals surface area contributed by atoms with E-state index in [-0.39, 0.29) is 24.6 Å². The summed E-state index contributed by atoms with van der Waals surface area (Å²) < 4.78 is 10.8. The molecule has 1 aliphatic heterocycles. The maximum absolute atomic E-state index is 12.4. The van der Waals surface area contributed by atoms with Crippen LogP contribution < -0.4 is 10.6 Å². The summed E-state index contributed by atoms with van der Waals surface area (Å²) in [7, 11) is 3.42. The molecule has 1 unspecified atom stereocenters. The molecule has 0 aromatic rings. The van der Waals surface area contributed by atoms with Crippen molar-refractivity contribution in [3.8, 4) is 0 Å². The largest absolute Gasteiger partial charge is 0.444 e. The molecule has 0 saturated carbocycles. The first kappa shape index (κ1) is 25.0. The number of nitrogens with zero attached hydrogens (tertiary/aromatic N) is 3. The van der Waals surface area contributed by atoms with Crippen LogP contribution in [-0.2, 0) is 14.3 Å². The SMILES string of the molecule is CCOCCCNC(=NCC(=O)N(C)C)NC1CCCN(C(=O)OC(C)(C)C)C1. The van der Waals surface area contributed by atoms with Crippen molar-refractivity contribution in [3.63, 3.8) is 0 Å². The van der Waals surface area contributed by atoms with Gasteiger partial charge in [-0.25, -0.2) is 9.79 Å². The van der Waals surface area contributed by atoms with Gasteiger partial charge in [0.25, 0.3) is 0 Å². The molecule has 0 aromatic heterocycles. The van der Waals surface area contributed by atoms with E-state index in [0.717, 1.165) is 19.3 Å². The van der Waals surface area contributed by atoms with Crippen LogP contribution >= 0.6 is 0 Å². The summed E-state index contributed by atoms with van der Waals surface area (Å²) in [6, 6.07) is 0.0452. The Bertz CT molecular complexity index is 545. The van der Waals surface area contributed by atoms with Gasteiger partial charge in [0.1, 0.15) is 12.1 Å². The van der Waals surface area contributed by atoms with Crippen molar-refractivity contribution < 1.29 is 19.1 Å². The lowest BCUT2D eigenvalue weighted by atomic mass is 10.1. The normalized spacial score (nSPS) is 17.7. The molecule has 1 rings (SSSR count). The van der Waals surface area contributed by atoms with Crippen molar-refractivity contribution in [1.29, 1.82) is 0 Å². The first-order valence-corrected chi connectivity index (χ1v) is 10.4. The second-order valence-electron chi connectivity index (χ2n) is 8.34. The monoisotopic (exact) mass is 413 g/mol. The topological polar surface area (TPSA) is 95.5 Å². The van der Waals surface area contributed by atoms with Gasteiger partial charge in [-0.05, 0) is 47.0 Å². The molecule has 9 heteroatoms. The first-order chi connectivity index (χ1) is 13.6. The van der Waals surface area contributed by atoms with Crippen molar-refractivity contribution in [3.05, 3.63) is 0 Å². The third kappa shape index (κ3) is 10.9. The molecule has 1 aliphatic rings. The van der Waals surface area contributed by atoms with Gasteiger partial charge in [0.2, 0.25) is 5.91 Å². The molecular formula is C20H39N5O4. The summed E-state index contributed by atoms with van der Waals surface area (Å²) in [6.07, 6.45) is 2.34. The number of ether oxygens (including phenoxy) is 2. The predicted octanol–water partition coefficient (Wildman–Crippen LogP) is 1.44. The number of rotatable bonds is 8. The minimum Gasteiger partial charge on any atom is -0.444 e. The van der Waals surface area contributed by atoms with Gasteiger partial charge in [0.05, 0.1) is 0 Å². The van der Waals surface area contributed by atoms with E-state index in [2.05, 4.69) is 15.6 Å². The van der Waals surface area contributed by atoms with E-state index in [9.17, 15) is 9.59 Å². The number of nitrogens with one attached hydrogen (secondary N) is 2. The fourth-order valence-corrected chi connectivity index (χ4v) is 2.75. The van der Waals surface area contributed by atoms with Gasteiger partial charge in [0.15, 0.2) is 5.96 Å². The minimum atomic E-state index is -0.515. The number of hydrogen-bond donors (Lipinski definition) is 2. The van der Waals surface area contributed by atoms with E-state index in [1.807, 2.05) is 27.7 Å². The second kappa shape index (κ2) is 12.5. The van der Waals surface area contributed by atoms with E-state index in [4.69, 9.17) is 9.47 Å². The predicted molar refractivity (Wildman–Crippen MR) is 114 cm³/mol. The summed E-state index contributed by atoms with van der Waals surface area (Å²) in [6.45, 7) is 10.9. The maximum atomic E-state index is 12.4. The fourth-order valence-electron chi connectivity index (χ4n) is 2.75. The highest BCUT2D eigenvalue weighted by Gasteiger charge is 2.28. The Morgan fingerprint density at radius 1 is 1.28 bits per heavy atom. The average Bonchev–Trinajstić information content (AvgIpc) is 2.64. The molecule has 1 fully saturated rings. The summed E-state index contributed by atoms with van der Waals surface area (Å²) in [4.78, 5) is 31.9. The Kier molecular flexibility index (Phi) is 10.8. The number of guanidine groups is 1. The van der Waals surface area contributed by atoms with Gasteiger partial charge >= 0.3 is 6.09 Å². The van der Waals surface area contributed by atoms with Crippen molar-refractivity contribution in [1.82, 2.24) is 20.4 Å². The molecule has 2 amide bonds. The van der Waals surface area contributed by atoms with Crippen molar-refractivity contribution >= 4 is 18.0 Å². The molecule has 1 atom stereocenters. The highest BCUT2D eigenvalue weighted by molar-refractivity contribution is 5.85. The summed E-state index contributed by atoms with van der Waals surface area (Å²) in [5, 5.41) is 6.62. The molecule has 0 aliphatic carbocycles. The fraction of sp³-hybridized carbons (Fsp3) is 0.850. The third-order valence-electron chi connectivity index (χ3n) is 4.25. The molecule has 9 nitrogen and oxygen atoms in total. The zero-order valence-corrected chi connectivity index (χ0v) is 18.9. The van der Waals surface area contributed by atoms with Gasteiger partial charge < -0.3 is 29.9 Å². The molecule has 1 saturated heterocycles. The van der Waals surface area contributed by atoms with Crippen LogP contribution in [0, 0.1) is 0 Å². The second-order valence-corrected chi connectivity index (χ2v) is 8.34. The zero-order valence-electron chi connectivity index (χ0n) is 18.9. The lowest BCUT2D eigenvalue weighted by molar-refractivity contribution is -0.127. The Balaban J connectivity index is 2.66. The highest BCUT2D eigenvalue weighted by Crippen LogP contribution is 2.15. The quantitative estimate of drug-likeness (QED) is 0.355. The molecule has 0 bridgehead atoms. The first-order valence-electron chi connectivity index (χ1n) is 10.4. The van der Waals surface area contributed by atoms with Crippen molar-refractivity contribution in [2.45, 2.75) is 58.6 Å². The Hall–Kier alpha value is -2.03. The Labute approximate surface area is 175 Å². The number of amides is 2. The third-order valence-corrected chi connectivity index (χ3v) is 4.25. The lowest BCUT2D eigenvalue weighted by Gasteiger charge is -2.35. The highest BCUT2D eigenvalue weighted by atomic mass is 16.6. The van der Waals surface area contributed by atoms with E-state index in [1.165, 1.54) is 4.90 Å². The van der Waals surface area contributed by atoms with E-state index < -0.39 is 5.60 Å². The van der Waals surface area contributed by atoms with Crippen LogP contribution in [0.1, 0.15) is 47.0 Å². The number of piperidine rings is 1. The molecule has 29 heavy (non-hydrogen) atoms. The van der Waals surface area contributed by atoms with Crippen LogP contribution in [0.5, 0.6) is 0 Å². The van der Waals surface area contributed by atoms with Gasteiger partial charge in [-0.2, -0.15) is 0 Å². The summed E-state index contributed by atoms with van der Waals surface area (Å²) in [5.74, 6) is 0.507. The Morgan fingerprint density at radius 3 is 2.62 bits per heavy atom. The van der Waals surface area contributed by atoms with Crippen LogP contribution in [0.2, 0.25) is 0 Å². The number of aliphatic imine (C=N–C) groups is 1.